The summed E-state index contributed by atoms with van der Waals surface area (Å²) >= 11 is 1.73. The molecule has 0 unspecified atom stereocenters. The van der Waals surface area contributed by atoms with Gasteiger partial charge in [-0.3, -0.25) is 9.69 Å². The van der Waals surface area contributed by atoms with Gasteiger partial charge in [0, 0.05) is 35.7 Å². The fourth-order valence-corrected chi connectivity index (χ4v) is 6.47. The first-order valence-electron chi connectivity index (χ1n) is 12.9. The quantitative estimate of drug-likeness (QED) is 0.372. The van der Waals surface area contributed by atoms with E-state index in [1.807, 2.05) is 23.7 Å². The van der Waals surface area contributed by atoms with Crippen molar-refractivity contribution in [2.24, 2.45) is 0 Å². The minimum absolute atomic E-state index is 0.0948. The molecule has 8 nitrogen and oxygen atoms in total. The zero-order valence-corrected chi connectivity index (χ0v) is 21.4. The lowest BCUT2D eigenvalue weighted by Gasteiger charge is -2.33. The zero-order valence-electron chi connectivity index (χ0n) is 20.6. The number of benzene rings is 1. The van der Waals surface area contributed by atoms with Crippen LogP contribution in [0.15, 0.2) is 46.6 Å². The molecule has 4 heterocycles. The predicted octanol–water partition coefficient (Wildman–Crippen LogP) is 4.77. The van der Waals surface area contributed by atoms with Crippen LogP contribution in [0.4, 0.5) is 0 Å². The Labute approximate surface area is 214 Å². The highest BCUT2D eigenvalue weighted by Gasteiger charge is 2.35. The minimum atomic E-state index is -0.388. The molecule has 1 aliphatic carbocycles. The van der Waals surface area contributed by atoms with Gasteiger partial charge in [-0.25, -0.2) is 4.68 Å². The number of thiophene rings is 1. The van der Waals surface area contributed by atoms with Gasteiger partial charge in [-0.15, -0.1) is 16.4 Å². The van der Waals surface area contributed by atoms with Crippen LogP contribution in [0.1, 0.15) is 72.4 Å². The van der Waals surface area contributed by atoms with Gasteiger partial charge in [-0.2, -0.15) is 0 Å². The van der Waals surface area contributed by atoms with Gasteiger partial charge in [0.1, 0.15) is 6.04 Å². The van der Waals surface area contributed by atoms with Crippen LogP contribution in [-0.4, -0.2) is 49.3 Å². The molecule has 0 bridgehead atoms. The van der Waals surface area contributed by atoms with Crippen LogP contribution in [0.2, 0.25) is 0 Å². The lowest BCUT2D eigenvalue weighted by atomic mass is 10.0. The van der Waals surface area contributed by atoms with Crippen molar-refractivity contribution in [2.45, 2.75) is 70.2 Å². The molecule has 1 N–H and O–H groups in total. The van der Waals surface area contributed by atoms with Gasteiger partial charge in [0.25, 0.3) is 5.56 Å². The first kappa shape index (κ1) is 23.5. The molecule has 1 aromatic carbocycles. The number of tetrazole rings is 1. The molecule has 0 amide bonds. The minimum Gasteiger partial charge on any atom is -0.377 e. The van der Waals surface area contributed by atoms with Crippen LogP contribution in [-0.2, 0) is 11.3 Å². The highest BCUT2D eigenvalue weighted by molar-refractivity contribution is 7.09. The number of fused-ring (bicyclic) bond motifs is 1. The van der Waals surface area contributed by atoms with E-state index in [1.54, 1.807) is 11.3 Å². The van der Waals surface area contributed by atoms with Crippen molar-refractivity contribution in [1.29, 1.82) is 0 Å². The molecular weight excluding hydrogens is 472 g/mol. The number of aryl methyl sites for hydroxylation is 1. The number of hydrogen-bond donors (Lipinski definition) is 1. The number of aromatic amines is 1. The Hall–Kier alpha value is -2.88. The SMILES string of the molecule is Cc1ccc2cc([C@H](c3nnnn3C3CCCC3)N(Cc3cccs3)C[C@H]3CCCO3)c(=O)[nH]c2c1. The fourth-order valence-electron chi connectivity index (χ4n) is 5.74. The normalized spacial score (nSPS) is 19.6. The van der Waals surface area contributed by atoms with Crippen molar-refractivity contribution >= 4 is 22.2 Å². The third-order valence-electron chi connectivity index (χ3n) is 7.52. The van der Waals surface area contributed by atoms with E-state index < -0.39 is 0 Å². The molecule has 4 aromatic rings. The summed E-state index contributed by atoms with van der Waals surface area (Å²) in [4.78, 5) is 20.4. The predicted molar refractivity (Wildman–Crippen MR) is 140 cm³/mol. The number of hydrogen-bond acceptors (Lipinski definition) is 7. The molecule has 6 rings (SSSR count). The van der Waals surface area contributed by atoms with Crippen molar-refractivity contribution in [3.05, 3.63) is 74.0 Å². The average Bonchev–Trinajstić information content (AvgIpc) is 3.68. The topological polar surface area (TPSA) is 88.9 Å². The second-order valence-corrected chi connectivity index (χ2v) is 11.1. The molecule has 188 valence electrons. The van der Waals surface area contributed by atoms with E-state index in [0.717, 1.165) is 54.6 Å². The molecule has 0 radical (unpaired) electrons. The Morgan fingerprint density at radius 2 is 2.08 bits per heavy atom. The largest absolute Gasteiger partial charge is 0.377 e. The van der Waals surface area contributed by atoms with Gasteiger partial charge in [0.2, 0.25) is 0 Å². The highest BCUT2D eigenvalue weighted by Crippen LogP contribution is 2.35. The summed E-state index contributed by atoms with van der Waals surface area (Å²) in [7, 11) is 0. The lowest BCUT2D eigenvalue weighted by molar-refractivity contribution is 0.0574. The number of ether oxygens (including phenoxy) is 1. The highest BCUT2D eigenvalue weighted by atomic mass is 32.1. The summed E-state index contributed by atoms with van der Waals surface area (Å²) in [5, 5.41) is 16.2. The van der Waals surface area contributed by atoms with Crippen LogP contribution >= 0.6 is 11.3 Å². The van der Waals surface area contributed by atoms with E-state index in [2.05, 4.69) is 55.1 Å². The summed E-state index contributed by atoms with van der Waals surface area (Å²) in [6.07, 6.45) is 6.71. The molecule has 36 heavy (non-hydrogen) atoms. The van der Waals surface area contributed by atoms with Crippen LogP contribution in [0.5, 0.6) is 0 Å². The Balaban J connectivity index is 1.50. The maximum atomic E-state index is 13.7. The molecule has 1 aliphatic heterocycles. The van der Waals surface area contributed by atoms with Crippen molar-refractivity contribution in [2.75, 3.05) is 13.2 Å². The average molecular weight is 505 g/mol. The smallest absolute Gasteiger partial charge is 0.253 e. The van der Waals surface area contributed by atoms with Gasteiger partial charge in [0.15, 0.2) is 5.82 Å². The van der Waals surface area contributed by atoms with E-state index >= 15 is 0 Å². The Morgan fingerprint density at radius 1 is 1.19 bits per heavy atom. The summed E-state index contributed by atoms with van der Waals surface area (Å²) in [5.41, 5.74) is 2.55. The van der Waals surface area contributed by atoms with Crippen LogP contribution in [0.25, 0.3) is 10.9 Å². The molecule has 1 saturated heterocycles. The van der Waals surface area contributed by atoms with Crippen LogP contribution in [0, 0.1) is 6.92 Å². The second kappa shape index (κ2) is 10.2. The number of H-pyrrole nitrogens is 1. The summed E-state index contributed by atoms with van der Waals surface area (Å²) in [5.74, 6) is 0.744. The molecule has 3 aromatic heterocycles. The van der Waals surface area contributed by atoms with Crippen molar-refractivity contribution in [1.82, 2.24) is 30.1 Å². The van der Waals surface area contributed by atoms with E-state index in [9.17, 15) is 4.79 Å². The third kappa shape index (κ3) is 4.75. The summed E-state index contributed by atoms with van der Waals surface area (Å²) in [6.45, 7) is 4.24. The first-order chi connectivity index (χ1) is 17.7. The third-order valence-corrected chi connectivity index (χ3v) is 8.39. The molecule has 2 aliphatic rings. The van der Waals surface area contributed by atoms with Gasteiger partial charge in [0.05, 0.1) is 12.1 Å². The molecule has 1 saturated carbocycles. The standard InChI is InChI=1S/C27H32N6O2S/c1-18-10-11-19-15-23(27(34)28-24(19)14-18)25(26-29-30-31-33(26)20-6-2-3-7-20)32(16-21-8-4-12-35-21)17-22-9-5-13-36-22/h5,9-11,13-15,20-21,25H,2-4,6-8,12,16-17H2,1H3,(H,28,34)/t21-,25-/m1/s1. The van der Waals surface area contributed by atoms with Gasteiger partial charge >= 0.3 is 0 Å². The van der Waals surface area contributed by atoms with Crippen molar-refractivity contribution < 1.29 is 4.74 Å². The van der Waals surface area contributed by atoms with Gasteiger partial charge < -0.3 is 9.72 Å². The zero-order chi connectivity index (χ0) is 24.5. The maximum absolute atomic E-state index is 13.7. The molecule has 9 heteroatoms. The fraction of sp³-hybridized carbons (Fsp3) is 0.481. The van der Waals surface area contributed by atoms with E-state index in [-0.39, 0.29) is 23.7 Å². The molecule has 0 spiro atoms. The summed E-state index contributed by atoms with van der Waals surface area (Å²) < 4.78 is 8.06. The van der Waals surface area contributed by atoms with Crippen LogP contribution in [0.3, 0.4) is 0 Å². The van der Waals surface area contributed by atoms with Gasteiger partial charge in [-0.1, -0.05) is 31.0 Å². The lowest BCUT2D eigenvalue weighted by Crippen LogP contribution is -2.39. The Kier molecular flexibility index (Phi) is 6.69. The number of rotatable bonds is 8. The number of nitrogens with one attached hydrogen (secondary N) is 1. The van der Waals surface area contributed by atoms with Gasteiger partial charge in [-0.05, 0) is 77.6 Å². The Morgan fingerprint density at radius 3 is 2.86 bits per heavy atom. The van der Waals surface area contributed by atoms with E-state index in [4.69, 9.17) is 4.74 Å². The maximum Gasteiger partial charge on any atom is 0.253 e. The molecule has 2 fully saturated rings. The molecule has 2 atom stereocenters. The van der Waals surface area contributed by atoms with Crippen molar-refractivity contribution in [3.63, 3.8) is 0 Å². The van der Waals surface area contributed by atoms with Crippen molar-refractivity contribution in [3.8, 4) is 0 Å². The molecular formula is C27H32N6O2S. The number of nitrogens with zero attached hydrogens (tertiary/aromatic N) is 5. The summed E-state index contributed by atoms with van der Waals surface area (Å²) in [6, 6.07) is 12.3. The van der Waals surface area contributed by atoms with Crippen LogP contribution < -0.4 is 5.56 Å². The monoisotopic (exact) mass is 504 g/mol. The number of aromatic nitrogens is 5. The van der Waals surface area contributed by atoms with E-state index in [1.165, 1.54) is 17.7 Å². The number of pyridine rings is 1. The van der Waals surface area contributed by atoms with E-state index in [0.29, 0.717) is 18.7 Å². The Bertz CT molecular complexity index is 1370. The second-order valence-electron chi connectivity index (χ2n) is 10.1. The first-order valence-corrected chi connectivity index (χ1v) is 13.8.